The van der Waals surface area contributed by atoms with Gasteiger partial charge in [-0.25, -0.2) is 4.79 Å². The van der Waals surface area contributed by atoms with Gasteiger partial charge in [-0.3, -0.25) is 0 Å². The second-order valence-corrected chi connectivity index (χ2v) is 8.23. The molecule has 5 heteroatoms. The van der Waals surface area contributed by atoms with Gasteiger partial charge in [-0.2, -0.15) is 11.8 Å². The Bertz CT molecular complexity index is 324. The molecule has 4 nitrogen and oxygen atoms in total. The molecule has 0 aromatic carbocycles. The van der Waals surface area contributed by atoms with E-state index in [4.69, 9.17) is 4.74 Å². The Morgan fingerprint density at radius 1 is 1.16 bits per heavy atom. The Balaban J connectivity index is 1.60. The van der Waals surface area contributed by atoms with Crippen molar-refractivity contribution in [1.29, 1.82) is 0 Å². The minimum Gasteiger partial charge on any atom is -0.444 e. The van der Waals surface area contributed by atoms with Crippen LogP contribution in [0.1, 0.15) is 47.0 Å². The lowest BCUT2D eigenvalue weighted by Crippen LogP contribution is -2.55. The molecule has 19 heavy (non-hydrogen) atoms. The fourth-order valence-corrected chi connectivity index (χ4v) is 3.77. The first-order chi connectivity index (χ1) is 8.82. The SMILES string of the molecule is CC1CC(NC2CC(NC(=O)OC(C)(C)C)C2)CS1. The van der Waals surface area contributed by atoms with Crippen LogP contribution in [0.25, 0.3) is 0 Å². The van der Waals surface area contributed by atoms with E-state index in [2.05, 4.69) is 17.6 Å². The minimum atomic E-state index is -0.414. The number of hydrogen-bond acceptors (Lipinski definition) is 4. The van der Waals surface area contributed by atoms with Gasteiger partial charge in [0.05, 0.1) is 0 Å². The average Bonchev–Trinajstić information content (AvgIpc) is 2.58. The maximum absolute atomic E-state index is 11.6. The second kappa shape index (κ2) is 5.92. The molecule has 2 aliphatic rings. The zero-order chi connectivity index (χ0) is 14.0. The van der Waals surface area contributed by atoms with Gasteiger partial charge in [0.15, 0.2) is 0 Å². The Morgan fingerprint density at radius 3 is 2.37 bits per heavy atom. The zero-order valence-electron chi connectivity index (χ0n) is 12.4. The maximum Gasteiger partial charge on any atom is 0.407 e. The lowest BCUT2D eigenvalue weighted by atomic mass is 9.86. The number of hydrogen-bond donors (Lipinski definition) is 2. The molecule has 0 spiro atoms. The molecule has 1 amide bonds. The summed E-state index contributed by atoms with van der Waals surface area (Å²) in [6.07, 6.45) is 3.02. The maximum atomic E-state index is 11.6. The van der Waals surface area contributed by atoms with Crippen LogP contribution in [0.15, 0.2) is 0 Å². The van der Waals surface area contributed by atoms with E-state index in [0.717, 1.165) is 18.1 Å². The van der Waals surface area contributed by atoms with Crippen molar-refractivity contribution in [3.05, 3.63) is 0 Å². The van der Waals surface area contributed by atoms with E-state index in [0.29, 0.717) is 12.1 Å². The Morgan fingerprint density at radius 2 is 1.84 bits per heavy atom. The average molecular weight is 286 g/mol. The normalized spacial score (nSPS) is 34.7. The first-order valence-electron chi connectivity index (χ1n) is 7.19. The van der Waals surface area contributed by atoms with Gasteiger partial charge in [-0.1, -0.05) is 6.92 Å². The summed E-state index contributed by atoms with van der Waals surface area (Å²) < 4.78 is 5.25. The van der Waals surface area contributed by atoms with Gasteiger partial charge in [-0.05, 0) is 40.0 Å². The number of nitrogens with one attached hydrogen (secondary N) is 2. The summed E-state index contributed by atoms with van der Waals surface area (Å²) in [4.78, 5) is 11.6. The van der Waals surface area contributed by atoms with Crippen LogP contribution in [0.4, 0.5) is 4.79 Å². The third-order valence-corrected chi connectivity index (χ3v) is 4.89. The molecule has 1 aliphatic carbocycles. The highest BCUT2D eigenvalue weighted by Crippen LogP contribution is 2.29. The van der Waals surface area contributed by atoms with Crippen molar-refractivity contribution in [2.75, 3.05) is 5.75 Å². The number of thioether (sulfide) groups is 1. The van der Waals surface area contributed by atoms with E-state index in [9.17, 15) is 4.79 Å². The fraction of sp³-hybridized carbons (Fsp3) is 0.929. The molecule has 2 unspecified atom stereocenters. The van der Waals surface area contributed by atoms with E-state index in [1.165, 1.54) is 12.2 Å². The van der Waals surface area contributed by atoms with Gasteiger partial charge in [-0.15, -0.1) is 0 Å². The van der Waals surface area contributed by atoms with Crippen LogP contribution < -0.4 is 10.6 Å². The molecule has 2 N–H and O–H groups in total. The second-order valence-electron chi connectivity index (χ2n) is 6.75. The van der Waals surface area contributed by atoms with Gasteiger partial charge in [0.1, 0.15) is 5.60 Å². The summed E-state index contributed by atoms with van der Waals surface area (Å²) in [5, 5.41) is 7.40. The topological polar surface area (TPSA) is 50.4 Å². The van der Waals surface area contributed by atoms with Gasteiger partial charge in [0.2, 0.25) is 0 Å². The standard InChI is InChI=1S/C14H26N2O2S/c1-9-5-12(8-19-9)15-10-6-11(7-10)16-13(17)18-14(2,3)4/h9-12,15H,5-8H2,1-4H3,(H,16,17). The molecule has 2 rings (SSSR count). The number of carbonyl (C=O) groups is 1. The van der Waals surface area contributed by atoms with Crippen LogP contribution in [0.5, 0.6) is 0 Å². The van der Waals surface area contributed by atoms with Crippen LogP contribution in [-0.2, 0) is 4.74 Å². The smallest absolute Gasteiger partial charge is 0.407 e. The first kappa shape index (κ1) is 15.0. The summed E-state index contributed by atoms with van der Waals surface area (Å²) in [6, 6.07) is 1.50. The Labute approximate surface area is 120 Å². The summed E-state index contributed by atoms with van der Waals surface area (Å²) >= 11 is 2.05. The molecule has 2 fully saturated rings. The van der Waals surface area contributed by atoms with E-state index >= 15 is 0 Å². The quantitative estimate of drug-likeness (QED) is 0.837. The van der Waals surface area contributed by atoms with E-state index < -0.39 is 5.60 Å². The van der Waals surface area contributed by atoms with Crippen LogP contribution in [0, 0.1) is 0 Å². The molecule has 1 saturated carbocycles. The van der Waals surface area contributed by atoms with E-state index in [-0.39, 0.29) is 12.1 Å². The highest BCUT2D eigenvalue weighted by Gasteiger charge is 2.34. The van der Waals surface area contributed by atoms with Crippen LogP contribution in [0.2, 0.25) is 0 Å². The highest BCUT2D eigenvalue weighted by atomic mass is 32.2. The highest BCUT2D eigenvalue weighted by molar-refractivity contribution is 8.00. The number of rotatable bonds is 3. The third-order valence-electron chi connectivity index (χ3n) is 3.53. The molecule has 1 saturated heterocycles. The first-order valence-corrected chi connectivity index (χ1v) is 8.24. The van der Waals surface area contributed by atoms with Crippen LogP contribution in [-0.4, -0.2) is 40.8 Å². The molecule has 2 atom stereocenters. The molecule has 0 aromatic heterocycles. The van der Waals surface area contributed by atoms with Crippen molar-refractivity contribution in [3.8, 4) is 0 Å². The third kappa shape index (κ3) is 4.88. The molecular formula is C14H26N2O2S. The van der Waals surface area contributed by atoms with Crippen molar-refractivity contribution in [2.24, 2.45) is 0 Å². The monoisotopic (exact) mass is 286 g/mol. The lowest BCUT2D eigenvalue weighted by molar-refractivity contribution is 0.0463. The van der Waals surface area contributed by atoms with E-state index in [1.807, 2.05) is 32.5 Å². The van der Waals surface area contributed by atoms with Crippen molar-refractivity contribution < 1.29 is 9.53 Å². The zero-order valence-corrected chi connectivity index (χ0v) is 13.2. The van der Waals surface area contributed by atoms with Crippen molar-refractivity contribution >= 4 is 17.9 Å². The molecule has 110 valence electrons. The predicted molar refractivity (Wildman–Crippen MR) is 79.6 cm³/mol. The van der Waals surface area contributed by atoms with Crippen LogP contribution in [0.3, 0.4) is 0 Å². The van der Waals surface area contributed by atoms with Gasteiger partial charge in [0.25, 0.3) is 0 Å². The molecule has 1 aliphatic heterocycles. The summed E-state index contributed by atoms with van der Waals surface area (Å²) in [5.74, 6) is 1.22. The van der Waals surface area contributed by atoms with Crippen molar-refractivity contribution in [3.63, 3.8) is 0 Å². The summed E-state index contributed by atoms with van der Waals surface area (Å²) in [5.41, 5.74) is -0.414. The van der Waals surface area contributed by atoms with Gasteiger partial charge >= 0.3 is 6.09 Å². The number of ether oxygens (including phenoxy) is 1. The van der Waals surface area contributed by atoms with Crippen molar-refractivity contribution in [2.45, 2.75) is 75.9 Å². The minimum absolute atomic E-state index is 0.277. The Hall–Kier alpha value is -0.420. The fourth-order valence-electron chi connectivity index (χ4n) is 2.61. The number of carbonyl (C=O) groups excluding carboxylic acids is 1. The summed E-state index contributed by atoms with van der Waals surface area (Å²) in [7, 11) is 0. The van der Waals surface area contributed by atoms with E-state index in [1.54, 1.807) is 0 Å². The lowest BCUT2D eigenvalue weighted by Gasteiger charge is -2.38. The molecule has 0 bridgehead atoms. The number of alkyl carbamates (subject to hydrolysis) is 1. The van der Waals surface area contributed by atoms with Gasteiger partial charge < -0.3 is 15.4 Å². The number of amides is 1. The predicted octanol–water partition coefficient (Wildman–Crippen LogP) is 2.53. The Kier molecular flexibility index (Phi) is 4.66. The molecular weight excluding hydrogens is 260 g/mol. The molecule has 1 heterocycles. The largest absolute Gasteiger partial charge is 0.444 e. The molecule has 0 aromatic rings. The van der Waals surface area contributed by atoms with Gasteiger partial charge in [0, 0.05) is 29.1 Å². The molecule has 0 radical (unpaired) electrons. The van der Waals surface area contributed by atoms with Crippen molar-refractivity contribution in [1.82, 2.24) is 10.6 Å². The van der Waals surface area contributed by atoms with Crippen LogP contribution >= 0.6 is 11.8 Å². The summed E-state index contributed by atoms with van der Waals surface area (Å²) in [6.45, 7) is 7.95.